The summed E-state index contributed by atoms with van der Waals surface area (Å²) in [5.74, 6) is 0.762. The fourth-order valence-corrected chi connectivity index (χ4v) is 5.08. The van der Waals surface area contributed by atoms with E-state index >= 15 is 0 Å². The van der Waals surface area contributed by atoms with Crippen molar-refractivity contribution in [2.45, 2.75) is 34.2 Å². The first-order valence-corrected chi connectivity index (χ1v) is 10.8. The van der Waals surface area contributed by atoms with Crippen LogP contribution >= 0.6 is 11.3 Å². The van der Waals surface area contributed by atoms with Crippen LogP contribution in [0.15, 0.2) is 34.1 Å². The normalized spacial score (nSPS) is 24.4. The Kier molecular flexibility index (Phi) is 4.91. The third-order valence-corrected chi connectivity index (χ3v) is 6.87. The van der Waals surface area contributed by atoms with E-state index in [0.717, 1.165) is 36.8 Å². The van der Waals surface area contributed by atoms with Gasteiger partial charge in [-0.1, -0.05) is 25.5 Å². The molecule has 0 radical (unpaired) electrons. The van der Waals surface area contributed by atoms with Crippen LogP contribution < -0.4 is 5.56 Å². The minimum Gasteiger partial charge on any atom is -0.340 e. The molecule has 4 rings (SSSR count). The number of amides is 1. The number of aromatic nitrogens is 2. The number of piperazine rings is 1. The summed E-state index contributed by atoms with van der Waals surface area (Å²) < 4.78 is 1.57. The summed E-state index contributed by atoms with van der Waals surface area (Å²) in [7, 11) is 0. The monoisotopic (exact) mass is 400 g/mol. The van der Waals surface area contributed by atoms with Gasteiger partial charge in [-0.2, -0.15) is 0 Å². The van der Waals surface area contributed by atoms with E-state index in [1.54, 1.807) is 16.7 Å². The maximum Gasteiger partial charge on any atom is 0.258 e. The van der Waals surface area contributed by atoms with Crippen LogP contribution in [0.25, 0.3) is 4.96 Å². The van der Waals surface area contributed by atoms with Gasteiger partial charge in [0, 0.05) is 50.4 Å². The molecule has 0 spiro atoms. The lowest BCUT2D eigenvalue weighted by Crippen LogP contribution is -2.49. The fourth-order valence-electron chi connectivity index (χ4n) is 4.34. The molecular weight excluding hydrogens is 372 g/mol. The van der Waals surface area contributed by atoms with Gasteiger partial charge in [-0.25, -0.2) is 4.98 Å². The van der Waals surface area contributed by atoms with Crippen LogP contribution in [0.4, 0.5) is 0 Å². The number of carbonyl (C=O) groups excluding carboxylic acids is 1. The zero-order valence-corrected chi connectivity index (χ0v) is 17.8. The minimum atomic E-state index is -0.0312. The van der Waals surface area contributed by atoms with Crippen LogP contribution in [0, 0.1) is 17.3 Å². The van der Waals surface area contributed by atoms with Gasteiger partial charge in [-0.3, -0.25) is 18.9 Å². The second kappa shape index (κ2) is 7.12. The smallest absolute Gasteiger partial charge is 0.258 e. The van der Waals surface area contributed by atoms with Crippen molar-refractivity contribution < 1.29 is 4.79 Å². The summed E-state index contributed by atoms with van der Waals surface area (Å²) in [5, 5.41) is 1.87. The fraction of sp³-hybridized carbons (Fsp3) is 0.571. The summed E-state index contributed by atoms with van der Waals surface area (Å²) in [5.41, 5.74) is 2.12. The third-order valence-electron chi connectivity index (χ3n) is 6.12. The zero-order chi connectivity index (χ0) is 20.1. The molecule has 1 saturated heterocycles. The standard InChI is InChI=1S/C21H28N4O2S/c1-14(2)11-16-18(21(16,3)4)19(27)24-7-5-23(6-8-24)13-15-12-17(26)25-9-10-28-20(25)22-15/h9-12,16,18H,5-8,13H2,1-4H3/t16-,18-/m1/s1. The minimum absolute atomic E-state index is 0.0312. The maximum absolute atomic E-state index is 13.0. The van der Waals surface area contributed by atoms with Crippen molar-refractivity contribution in [2.75, 3.05) is 26.2 Å². The molecule has 2 aromatic rings. The van der Waals surface area contributed by atoms with Crippen LogP contribution in [0.5, 0.6) is 0 Å². The zero-order valence-electron chi connectivity index (χ0n) is 17.0. The van der Waals surface area contributed by atoms with E-state index in [1.807, 2.05) is 10.3 Å². The molecular formula is C21H28N4O2S. The first-order valence-electron chi connectivity index (χ1n) is 9.89. The second-order valence-corrected chi connectivity index (χ2v) is 9.68. The molecule has 2 aromatic heterocycles. The first-order chi connectivity index (χ1) is 13.3. The number of carbonyl (C=O) groups is 1. The number of fused-ring (bicyclic) bond motifs is 1. The van der Waals surface area contributed by atoms with Crippen molar-refractivity contribution >= 4 is 22.2 Å². The number of hydrogen-bond donors (Lipinski definition) is 0. The van der Waals surface area contributed by atoms with Crippen LogP contribution in [0.1, 0.15) is 33.4 Å². The van der Waals surface area contributed by atoms with Crippen molar-refractivity contribution in [3.05, 3.63) is 45.3 Å². The van der Waals surface area contributed by atoms with Crippen LogP contribution in [-0.2, 0) is 11.3 Å². The van der Waals surface area contributed by atoms with Crippen molar-refractivity contribution in [1.29, 1.82) is 0 Å². The van der Waals surface area contributed by atoms with E-state index in [0.29, 0.717) is 18.4 Å². The molecule has 150 valence electrons. The van der Waals surface area contributed by atoms with E-state index in [-0.39, 0.29) is 16.9 Å². The largest absolute Gasteiger partial charge is 0.340 e. The molecule has 1 saturated carbocycles. The lowest BCUT2D eigenvalue weighted by Gasteiger charge is -2.35. The Balaban J connectivity index is 1.36. The summed E-state index contributed by atoms with van der Waals surface area (Å²) in [6, 6.07) is 1.62. The average Bonchev–Trinajstić information content (AvgIpc) is 2.96. The molecule has 3 heterocycles. The van der Waals surface area contributed by atoms with Crippen molar-refractivity contribution in [1.82, 2.24) is 19.2 Å². The Morgan fingerprint density at radius 3 is 2.68 bits per heavy atom. The lowest BCUT2D eigenvalue weighted by atomic mass is 10.1. The number of rotatable bonds is 4. The molecule has 2 aliphatic rings. The third kappa shape index (κ3) is 3.53. The molecule has 0 aromatic carbocycles. The van der Waals surface area contributed by atoms with Gasteiger partial charge in [-0.15, -0.1) is 11.3 Å². The molecule has 2 atom stereocenters. The molecule has 1 aliphatic heterocycles. The molecule has 1 amide bonds. The number of nitrogens with zero attached hydrogens (tertiary/aromatic N) is 4. The van der Waals surface area contributed by atoms with Gasteiger partial charge < -0.3 is 4.90 Å². The van der Waals surface area contributed by atoms with E-state index in [2.05, 4.69) is 43.7 Å². The van der Waals surface area contributed by atoms with E-state index < -0.39 is 0 Å². The highest BCUT2D eigenvalue weighted by Gasteiger charge is 2.61. The highest BCUT2D eigenvalue weighted by atomic mass is 32.1. The molecule has 7 heteroatoms. The quantitative estimate of drug-likeness (QED) is 0.741. The molecule has 28 heavy (non-hydrogen) atoms. The van der Waals surface area contributed by atoms with Gasteiger partial charge >= 0.3 is 0 Å². The van der Waals surface area contributed by atoms with E-state index in [4.69, 9.17) is 0 Å². The Hall–Kier alpha value is -1.99. The van der Waals surface area contributed by atoms with Crippen molar-refractivity contribution in [2.24, 2.45) is 17.3 Å². The summed E-state index contributed by atoms with van der Waals surface area (Å²) in [4.78, 5) is 34.8. The highest BCUT2D eigenvalue weighted by molar-refractivity contribution is 7.15. The topological polar surface area (TPSA) is 57.9 Å². The molecule has 1 aliphatic carbocycles. The Labute approximate surface area is 169 Å². The highest BCUT2D eigenvalue weighted by Crippen LogP contribution is 2.60. The van der Waals surface area contributed by atoms with E-state index in [9.17, 15) is 9.59 Å². The number of thiazole rings is 1. The Morgan fingerprint density at radius 2 is 2.00 bits per heavy atom. The predicted molar refractivity (Wildman–Crippen MR) is 111 cm³/mol. The van der Waals surface area contributed by atoms with Gasteiger partial charge in [0.1, 0.15) is 0 Å². The van der Waals surface area contributed by atoms with Crippen LogP contribution in [0.3, 0.4) is 0 Å². The van der Waals surface area contributed by atoms with Gasteiger partial charge in [0.2, 0.25) is 5.91 Å². The number of hydrogen-bond acceptors (Lipinski definition) is 5. The average molecular weight is 401 g/mol. The summed E-state index contributed by atoms with van der Waals surface area (Å²) in [6.07, 6.45) is 4.01. The predicted octanol–water partition coefficient (Wildman–Crippen LogP) is 2.64. The van der Waals surface area contributed by atoms with Crippen molar-refractivity contribution in [3.63, 3.8) is 0 Å². The Morgan fingerprint density at radius 1 is 1.29 bits per heavy atom. The SMILES string of the molecule is CC(C)=C[C@@H]1[C@H](C(=O)N2CCN(Cc3cc(=O)n4ccsc4n3)CC2)C1(C)C. The van der Waals surface area contributed by atoms with Crippen LogP contribution in [0.2, 0.25) is 0 Å². The maximum atomic E-state index is 13.0. The van der Waals surface area contributed by atoms with Gasteiger partial charge in [-0.05, 0) is 25.2 Å². The summed E-state index contributed by atoms with van der Waals surface area (Å²) >= 11 is 1.47. The number of allylic oxidation sites excluding steroid dienone is 2. The molecule has 2 fully saturated rings. The first kappa shape index (κ1) is 19.3. The summed E-state index contributed by atoms with van der Waals surface area (Å²) in [6.45, 7) is 12.4. The van der Waals surface area contributed by atoms with Gasteiger partial charge in [0.25, 0.3) is 5.56 Å². The van der Waals surface area contributed by atoms with Gasteiger partial charge in [0.15, 0.2) is 4.96 Å². The van der Waals surface area contributed by atoms with Crippen molar-refractivity contribution in [3.8, 4) is 0 Å². The molecule has 0 unspecified atom stereocenters. The van der Waals surface area contributed by atoms with Gasteiger partial charge in [0.05, 0.1) is 11.6 Å². The molecule has 0 N–H and O–H groups in total. The second-order valence-electron chi connectivity index (χ2n) is 8.81. The van der Waals surface area contributed by atoms with E-state index in [1.165, 1.54) is 16.9 Å². The molecule has 6 nitrogen and oxygen atoms in total. The Bertz CT molecular complexity index is 978. The lowest BCUT2D eigenvalue weighted by molar-refractivity contribution is -0.135. The van der Waals surface area contributed by atoms with Crippen LogP contribution in [-0.4, -0.2) is 51.3 Å². The molecule has 0 bridgehead atoms.